The molecule has 0 aliphatic heterocycles. The molecule has 2 aromatic carbocycles. The van der Waals surface area contributed by atoms with E-state index in [1.807, 2.05) is 12.1 Å². The van der Waals surface area contributed by atoms with E-state index in [1.165, 1.54) is 5.56 Å². The molecule has 2 rings (SSSR count). The van der Waals surface area contributed by atoms with E-state index in [-0.39, 0.29) is 11.3 Å². The van der Waals surface area contributed by atoms with Crippen LogP contribution in [0.1, 0.15) is 39.5 Å². The SMILES string of the molecule is CCc1ccc(Cc2ccc(C(=O)O)c(C)c2O)cc1. The molecule has 0 bridgehead atoms. The monoisotopic (exact) mass is 270 g/mol. The highest BCUT2D eigenvalue weighted by atomic mass is 16.4. The molecular formula is C17H18O3. The summed E-state index contributed by atoms with van der Waals surface area (Å²) in [5, 5.41) is 19.1. The van der Waals surface area contributed by atoms with Gasteiger partial charge in [-0.05, 0) is 36.1 Å². The fourth-order valence-corrected chi connectivity index (χ4v) is 2.24. The zero-order valence-electron chi connectivity index (χ0n) is 11.7. The van der Waals surface area contributed by atoms with Crippen molar-refractivity contribution in [3.63, 3.8) is 0 Å². The number of phenolic OH excluding ortho intramolecular Hbond substituents is 1. The number of carboxylic acids is 1. The molecule has 20 heavy (non-hydrogen) atoms. The van der Waals surface area contributed by atoms with Gasteiger partial charge in [0.05, 0.1) is 5.56 Å². The topological polar surface area (TPSA) is 57.5 Å². The van der Waals surface area contributed by atoms with Crippen molar-refractivity contribution in [2.24, 2.45) is 0 Å². The van der Waals surface area contributed by atoms with Crippen LogP contribution in [-0.4, -0.2) is 16.2 Å². The summed E-state index contributed by atoms with van der Waals surface area (Å²) in [6.45, 7) is 3.73. The first kappa shape index (κ1) is 14.1. The predicted octanol–water partition coefficient (Wildman–Crippen LogP) is 3.55. The Hall–Kier alpha value is -2.29. The molecule has 2 N–H and O–H groups in total. The quantitative estimate of drug-likeness (QED) is 0.893. The first-order chi connectivity index (χ1) is 9.52. The van der Waals surface area contributed by atoms with Gasteiger partial charge in [-0.15, -0.1) is 0 Å². The molecule has 0 unspecified atom stereocenters. The van der Waals surface area contributed by atoms with Gasteiger partial charge in [0.2, 0.25) is 0 Å². The lowest BCUT2D eigenvalue weighted by molar-refractivity contribution is 0.0695. The van der Waals surface area contributed by atoms with Gasteiger partial charge in [-0.1, -0.05) is 37.3 Å². The van der Waals surface area contributed by atoms with Crippen LogP contribution >= 0.6 is 0 Å². The highest BCUT2D eigenvalue weighted by molar-refractivity contribution is 5.90. The molecule has 0 aliphatic carbocycles. The fourth-order valence-electron chi connectivity index (χ4n) is 2.24. The maximum Gasteiger partial charge on any atom is 0.336 e. The van der Waals surface area contributed by atoms with Crippen LogP contribution in [0, 0.1) is 6.92 Å². The van der Waals surface area contributed by atoms with Crippen molar-refractivity contribution in [3.8, 4) is 5.75 Å². The van der Waals surface area contributed by atoms with E-state index in [0.717, 1.165) is 17.5 Å². The van der Waals surface area contributed by atoms with Crippen LogP contribution in [0.2, 0.25) is 0 Å². The molecule has 0 aliphatic rings. The summed E-state index contributed by atoms with van der Waals surface area (Å²) in [5.74, 6) is -0.943. The van der Waals surface area contributed by atoms with Crippen LogP contribution < -0.4 is 0 Å². The van der Waals surface area contributed by atoms with Crippen molar-refractivity contribution in [1.29, 1.82) is 0 Å². The smallest absolute Gasteiger partial charge is 0.336 e. The number of carbonyl (C=O) groups is 1. The Bertz CT molecular complexity index is 627. The molecule has 0 amide bonds. The number of aryl methyl sites for hydroxylation is 1. The predicted molar refractivity (Wildman–Crippen MR) is 78.4 cm³/mol. The lowest BCUT2D eigenvalue weighted by atomic mass is 9.97. The van der Waals surface area contributed by atoms with Crippen LogP contribution in [0.3, 0.4) is 0 Å². The first-order valence-corrected chi connectivity index (χ1v) is 6.65. The molecule has 0 radical (unpaired) electrons. The zero-order chi connectivity index (χ0) is 14.7. The Kier molecular flexibility index (Phi) is 4.08. The minimum Gasteiger partial charge on any atom is -0.507 e. The molecule has 2 aromatic rings. The summed E-state index contributed by atoms with van der Waals surface area (Å²) < 4.78 is 0. The molecular weight excluding hydrogens is 252 g/mol. The molecule has 0 heterocycles. The number of aromatic hydroxyl groups is 1. The normalized spacial score (nSPS) is 10.5. The third kappa shape index (κ3) is 2.82. The van der Waals surface area contributed by atoms with E-state index in [2.05, 4.69) is 19.1 Å². The number of benzene rings is 2. The molecule has 3 heteroatoms. The van der Waals surface area contributed by atoms with Gasteiger partial charge in [0.25, 0.3) is 0 Å². The Morgan fingerprint density at radius 1 is 1.05 bits per heavy atom. The molecule has 3 nitrogen and oxygen atoms in total. The van der Waals surface area contributed by atoms with Crippen molar-refractivity contribution in [1.82, 2.24) is 0 Å². The van der Waals surface area contributed by atoms with Crippen molar-refractivity contribution >= 4 is 5.97 Å². The molecule has 0 atom stereocenters. The third-order valence-corrected chi connectivity index (χ3v) is 3.57. The maximum absolute atomic E-state index is 11.0. The molecule has 0 saturated heterocycles. The van der Waals surface area contributed by atoms with Crippen LogP contribution in [0.5, 0.6) is 5.75 Å². The van der Waals surface area contributed by atoms with Gasteiger partial charge in [-0.25, -0.2) is 4.79 Å². The van der Waals surface area contributed by atoms with Crippen LogP contribution in [0.4, 0.5) is 0 Å². The van der Waals surface area contributed by atoms with Crippen molar-refractivity contribution in [3.05, 3.63) is 64.2 Å². The Labute approximate surface area is 118 Å². The third-order valence-electron chi connectivity index (χ3n) is 3.57. The average Bonchev–Trinajstić information content (AvgIpc) is 2.44. The summed E-state index contributed by atoms with van der Waals surface area (Å²) in [6.07, 6.45) is 1.59. The van der Waals surface area contributed by atoms with Crippen LogP contribution in [0.15, 0.2) is 36.4 Å². The Balaban J connectivity index is 2.29. The molecule has 0 saturated carbocycles. The summed E-state index contributed by atoms with van der Waals surface area (Å²) >= 11 is 0. The first-order valence-electron chi connectivity index (χ1n) is 6.65. The van der Waals surface area contributed by atoms with E-state index in [9.17, 15) is 9.90 Å². The summed E-state index contributed by atoms with van der Waals surface area (Å²) in [6, 6.07) is 11.5. The number of phenols is 1. The highest BCUT2D eigenvalue weighted by Crippen LogP contribution is 2.27. The van der Waals surface area contributed by atoms with Gasteiger partial charge in [0.1, 0.15) is 5.75 Å². The Morgan fingerprint density at radius 2 is 1.65 bits per heavy atom. The molecule has 0 spiro atoms. The molecule has 104 valence electrons. The highest BCUT2D eigenvalue weighted by Gasteiger charge is 2.13. The molecule has 0 fully saturated rings. The summed E-state index contributed by atoms with van der Waals surface area (Å²) in [4.78, 5) is 11.0. The fraction of sp³-hybridized carbons (Fsp3) is 0.235. The van der Waals surface area contributed by atoms with Crippen molar-refractivity contribution in [2.45, 2.75) is 26.7 Å². The number of rotatable bonds is 4. The summed E-state index contributed by atoms with van der Waals surface area (Å²) in [5.41, 5.74) is 3.68. The van der Waals surface area contributed by atoms with Gasteiger partial charge in [0.15, 0.2) is 0 Å². The van der Waals surface area contributed by atoms with E-state index >= 15 is 0 Å². The maximum atomic E-state index is 11.0. The van der Waals surface area contributed by atoms with Gasteiger partial charge in [-0.2, -0.15) is 0 Å². The van der Waals surface area contributed by atoms with Crippen molar-refractivity contribution in [2.75, 3.05) is 0 Å². The standard InChI is InChI=1S/C17H18O3/c1-3-12-4-6-13(7-5-12)10-14-8-9-15(17(19)20)11(2)16(14)18/h4-9,18H,3,10H2,1-2H3,(H,19,20). The van der Waals surface area contributed by atoms with Gasteiger partial charge < -0.3 is 10.2 Å². The minimum atomic E-state index is -1.02. The number of hydrogen-bond acceptors (Lipinski definition) is 2. The van der Waals surface area contributed by atoms with Crippen molar-refractivity contribution < 1.29 is 15.0 Å². The number of carboxylic acid groups (broad SMARTS) is 1. The average molecular weight is 270 g/mol. The largest absolute Gasteiger partial charge is 0.507 e. The lowest BCUT2D eigenvalue weighted by Gasteiger charge is -2.10. The van der Waals surface area contributed by atoms with Gasteiger partial charge in [0, 0.05) is 12.0 Å². The van der Waals surface area contributed by atoms with Gasteiger partial charge >= 0.3 is 5.97 Å². The minimum absolute atomic E-state index is 0.0736. The van der Waals surface area contributed by atoms with Crippen LogP contribution in [0.25, 0.3) is 0 Å². The Morgan fingerprint density at radius 3 is 2.20 bits per heavy atom. The summed E-state index contributed by atoms with van der Waals surface area (Å²) in [7, 11) is 0. The second kappa shape index (κ2) is 5.78. The van der Waals surface area contributed by atoms with Gasteiger partial charge in [-0.3, -0.25) is 0 Å². The zero-order valence-corrected chi connectivity index (χ0v) is 11.7. The van der Waals surface area contributed by atoms with E-state index in [4.69, 9.17) is 5.11 Å². The lowest BCUT2D eigenvalue weighted by Crippen LogP contribution is -2.01. The second-order valence-corrected chi connectivity index (χ2v) is 4.90. The molecule has 0 aromatic heterocycles. The van der Waals surface area contributed by atoms with E-state index < -0.39 is 5.97 Å². The van der Waals surface area contributed by atoms with E-state index in [0.29, 0.717) is 12.0 Å². The second-order valence-electron chi connectivity index (χ2n) is 4.90. The number of hydrogen-bond donors (Lipinski definition) is 2. The van der Waals surface area contributed by atoms with E-state index in [1.54, 1.807) is 19.1 Å². The van der Waals surface area contributed by atoms with Crippen LogP contribution in [-0.2, 0) is 12.8 Å². The number of aromatic carboxylic acids is 1.